The number of halogens is 5. The summed E-state index contributed by atoms with van der Waals surface area (Å²) in [4.78, 5) is 11.9. The lowest BCUT2D eigenvalue weighted by Crippen LogP contribution is -2.24. The molecule has 0 radical (unpaired) electrons. The van der Waals surface area contributed by atoms with Crippen LogP contribution in [-0.4, -0.2) is 28.9 Å². The molecular formula is C16H11Br5N2O4. The summed E-state index contributed by atoms with van der Waals surface area (Å²) in [6.45, 7) is 1.43. The Labute approximate surface area is 197 Å². The maximum Gasteiger partial charge on any atom is 0.277 e. The van der Waals surface area contributed by atoms with Crippen molar-refractivity contribution in [1.29, 1.82) is 0 Å². The van der Waals surface area contributed by atoms with Crippen molar-refractivity contribution in [1.82, 2.24) is 5.43 Å². The monoisotopic (exact) mass is 690 g/mol. The van der Waals surface area contributed by atoms with Crippen molar-refractivity contribution >= 4 is 91.8 Å². The van der Waals surface area contributed by atoms with Crippen LogP contribution in [0.25, 0.3) is 0 Å². The topological polar surface area (TPSA) is 91.1 Å². The first-order valence-corrected chi connectivity index (χ1v) is 11.1. The first-order valence-electron chi connectivity index (χ1n) is 7.12. The number of nitrogens with one attached hydrogen (secondary N) is 1. The van der Waals surface area contributed by atoms with Crippen LogP contribution in [0, 0.1) is 6.92 Å². The molecule has 6 nitrogen and oxygen atoms in total. The van der Waals surface area contributed by atoms with E-state index < -0.39 is 5.91 Å². The van der Waals surface area contributed by atoms with Crippen molar-refractivity contribution in [3.63, 3.8) is 0 Å². The van der Waals surface area contributed by atoms with Crippen LogP contribution in [0.1, 0.15) is 11.1 Å². The average molecular weight is 695 g/mol. The van der Waals surface area contributed by atoms with Crippen LogP contribution in [-0.2, 0) is 4.79 Å². The minimum absolute atomic E-state index is 0.120. The number of phenolic OH excluding ortho intramolecular Hbond substituents is 2. The van der Waals surface area contributed by atoms with Gasteiger partial charge in [0.2, 0.25) is 0 Å². The van der Waals surface area contributed by atoms with Crippen molar-refractivity contribution in [2.24, 2.45) is 5.10 Å². The Morgan fingerprint density at radius 2 is 1.70 bits per heavy atom. The minimum atomic E-state index is -0.484. The molecule has 0 aliphatic heterocycles. The molecule has 0 atom stereocenters. The van der Waals surface area contributed by atoms with Crippen LogP contribution in [0.2, 0.25) is 0 Å². The highest BCUT2D eigenvalue weighted by atomic mass is 79.9. The van der Waals surface area contributed by atoms with Gasteiger partial charge in [-0.1, -0.05) is 15.9 Å². The summed E-state index contributed by atoms with van der Waals surface area (Å²) in [6, 6.07) is 3.59. The molecule has 2 aromatic rings. The smallest absolute Gasteiger partial charge is 0.277 e. The lowest BCUT2D eigenvalue weighted by molar-refractivity contribution is -0.123. The van der Waals surface area contributed by atoms with Crippen molar-refractivity contribution in [2.45, 2.75) is 6.92 Å². The van der Waals surface area contributed by atoms with E-state index in [4.69, 9.17) is 4.74 Å². The second kappa shape index (κ2) is 9.73. The first-order chi connectivity index (χ1) is 12.6. The summed E-state index contributed by atoms with van der Waals surface area (Å²) in [6.07, 6.45) is 1.28. The maximum absolute atomic E-state index is 11.9. The van der Waals surface area contributed by atoms with Crippen molar-refractivity contribution in [3.8, 4) is 17.2 Å². The van der Waals surface area contributed by atoms with Gasteiger partial charge in [0, 0.05) is 10.0 Å². The van der Waals surface area contributed by atoms with E-state index >= 15 is 0 Å². The zero-order valence-electron chi connectivity index (χ0n) is 13.5. The Hall–Kier alpha value is -0.620. The van der Waals surface area contributed by atoms with E-state index in [2.05, 4.69) is 90.2 Å². The van der Waals surface area contributed by atoms with E-state index in [0.717, 1.165) is 4.47 Å². The molecule has 2 aromatic carbocycles. The Bertz CT molecular complexity index is 882. The molecule has 3 N–H and O–H groups in total. The molecule has 0 bridgehead atoms. The van der Waals surface area contributed by atoms with Gasteiger partial charge in [0.15, 0.2) is 6.61 Å². The number of benzene rings is 2. The number of ether oxygens (including phenoxy) is 1. The van der Waals surface area contributed by atoms with Gasteiger partial charge in [0.05, 0.1) is 19.6 Å². The third-order valence-corrected chi connectivity index (χ3v) is 6.66. The van der Waals surface area contributed by atoms with Crippen LogP contribution in [0.3, 0.4) is 0 Å². The van der Waals surface area contributed by atoms with Crippen LogP contribution in [0.4, 0.5) is 0 Å². The highest BCUT2D eigenvalue weighted by Crippen LogP contribution is 2.43. The second-order valence-electron chi connectivity index (χ2n) is 5.14. The second-order valence-corrected chi connectivity index (χ2v) is 9.35. The molecule has 1 amide bonds. The summed E-state index contributed by atoms with van der Waals surface area (Å²) in [5, 5.41) is 23.8. The fourth-order valence-electron chi connectivity index (χ4n) is 1.96. The number of hydrogen-bond acceptors (Lipinski definition) is 5. The number of aromatic hydroxyl groups is 2. The molecule has 0 aliphatic rings. The quantitative estimate of drug-likeness (QED) is 0.275. The standard InChI is InChI=1S/C16H11Br5N2O4/c1-6-8(14(25)13(21)15(26)12(6)20)4-22-23-11(24)5-27-16-9(18)2-7(17)3-10(16)19/h2-4,25-26H,5H2,1H3,(H,23,24)/b22-4+. The molecule has 0 aliphatic carbocycles. The summed E-state index contributed by atoms with van der Waals surface area (Å²) in [5.74, 6) is -0.311. The van der Waals surface area contributed by atoms with Crippen molar-refractivity contribution < 1.29 is 19.7 Å². The Morgan fingerprint density at radius 3 is 2.30 bits per heavy atom. The lowest BCUT2D eigenvalue weighted by atomic mass is 10.1. The number of hydrazone groups is 1. The number of amides is 1. The number of phenols is 2. The van der Waals surface area contributed by atoms with E-state index in [9.17, 15) is 15.0 Å². The zero-order chi connectivity index (χ0) is 20.3. The number of rotatable bonds is 5. The van der Waals surface area contributed by atoms with Gasteiger partial charge in [-0.05, 0) is 88.3 Å². The molecule has 0 aromatic heterocycles. The number of nitrogens with zero attached hydrogens (tertiary/aromatic N) is 1. The van der Waals surface area contributed by atoms with Gasteiger partial charge in [-0.3, -0.25) is 4.79 Å². The molecule has 2 rings (SSSR count). The van der Waals surface area contributed by atoms with Gasteiger partial charge in [-0.2, -0.15) is 5.10 Å². The van der Waals surface area contributed by atoms with E-state index in [-0.39, 0.29) is 22.6 Å². The Kier molecular flexibility index (Phi) is 8.17. The number of carbonyl (C=O) groups excluding carboxylic acids is 1. The number of hydrogen-bond donors (Lipinski definition) is 3. The predicted octanol–water partition coefficient (Wildman–Crippen LogP) is 5.75. The van der Waals surface area contributed by atoms with Gasteiger partial charge >= 0.3 is 0 Å². The third kappa shape index (κ3) is 5.47. The Morgan fingerprint density at radius 1 is 1.11 bits per heavy atom. The zero-order valence-corrected chi connectivity index (χ0v) is 21.4. The fourth-order valence-corrected chi connectivity index (χ4v) is 5.54. The predicted molar refractivity (Wildman–Crippen MR) is 121 cm³/mol. The average Bonchev–Trinajstić information content (AvgIpc) is 2.60. The summed E-state index contributed by atoms with van der Waals surface area (Å²) in [5.41, 5.74) is 3.22. The number of carbonyl (C=O) groups is 1. The molecular weight excluding hydrogens is 684 g/mol. The molecule has 0 spiro atoms. The molecule has 0 unspecified atom stereocenters. The van der Waals surface area contributed by atoms with E-state index in [1.807, 2.05) is 0 Å². The van der Waals surface area contributed by atoms with E-state index in [1.54, 1.807) is 19.1 Å². The van der Waals surface area contributed by atoms with Crippen LogP contribution >= 0.6 is 79.6 Å². The highest BCUT2D eigenvalue weighted by Gasteiger charge is 2.17. The molecule has 27 heavy (non-hydrogen) atoms. The molecule has 0 saturated carbocycles. The molecule has 0 saturated heterocycles. The molecule has 0 fully saturated rings. The maximum atomic E-state index is 11.9. The van der Waals surface area contributed by atoms with Crippen LogP contribution in [0.5, 0.6) is 17.2 Å². The largest absolute Gasteiger partial charge is 0.506 e. The minimum Gasteiger partial charge on any atom is -0.506 e. The van der Waals surface area contributed by atoms with Crippen molar-refractivity contribution in [3.05, 3.63) is 45.6 Å². The van der Waals surface area contributed by atoms with E-state index in [0.29, 0.717) is 30.3 Å². The summed E-state index contributed by atoms with van der Waals surface area (Å²) >= 11 is 16.4. The molecule has 0 heterocycles. The van der Waals surface area contributed by atoms with Gasteiger partial charge in [-0.15, -0.1) is 0 Å². The normalized spacial score (nSPS) is 11.0. The third-order valence-electron chi connectivity index (χ3n) is 3.31. The highest BCUT2D eigenvalue weighted by molar-refractivity contribution is 9.12. The van der Waals surface area contributed by atoms with Crippen molar-refractivity contribution in [2.75, 3.05) is 6.61 Å². The van der Waals surface area contributed by atoms with Gasteiger partial charge in [0.25, 0.3) is 5.91 Å². The van der Waals surface area contributed by atoms with Crippen LogP contribution in [0.15, 0.2) is 39.6 Å². The van der Waals surface area contributed by atoms with E-state index in [1.165, 1.54) is 6.21 Å². The van der Waals surface area contributed by atoms with Gasteiger partial charge in [-0.25, -0.2) is 5.43 Å². The summed E-state index contributed by atoms with van der Waals surface area (Å²) in [7, 11) is 0. The van der Waals surface area contributed by atoms with Crippen LogP contribution < -0.4 is 10.2 Å². The van der Waals surface area contributed by atoms with Gasteiger partial charge < -0.3 is 14.9 Å². The Balaban J connectivity index is 2.05. The SMILES string of the molecule is Cc1c(Br)c(O)c(Br)c(O)c1/C=N/NC(=O)COc1c(Br)cc(Br)cc1Br. The molecule has 144 valence electrons. The lowest BCUT2D eigenvalue weighted by Gasteiger charge is -2.11. The fraction of sp³-hybridized carbons (Fsp3) is 0.125. The molecule has 11 heteroatoms. The van der Waals surface area contributed by atoms with Gasteiger partial charge in [0.1, 0.15) is 21.7 Å². The first kappa shape index (κ1) is 22.7. The summed E-state index contributed by atoms with van der Waals surface area (Å²) < 4.78 is 8.24.